The monoisotopic (exact) mass is 493 g/mol. The van der Waals surface area contributed by atoms with Gasteiger partial charge in [-0.25, -0.2) is 0 Å². The number of piperazine rings is 1. The lowest BCUT2D eigenvalue weighted by atomic mass is 9.84. The molecule has 1 N–H and O–H groups in total. The van der Waals surface area contributed by atoms with Crippen molar-refractivity contribution in [1.82, 2.24) is 15.1 Å². The Morgan fingerprint density at radius 2 is 1.74 bits per heavy atom. The van der Waals surface area contributed by atoms with Crippen LogP contribution in [0.2, 0.25) is 5.02 Å². The predicted molar refractivity (Wildman–Crippen MR) is 139 cm³/mol. The summed E-state index contributed by atoms with van der Waals surface area (Å²) in [4.78, 5) is 31.9. The SMILES string of the molecule is CC1CCC(NC(=O)C2(C)CN3Cc4ccccc4CC3C(=O)N2CCc2ccc(Cl)cc2)CC1. The van der Waals surface area contributed by atoms with E-state index in [2.05, 4.69) is 35.3 Å². The maximum Gasteiger partial charge on any atom is 0.247 e. The fourth-order valence-electron chi connectivity index (χ4n) is 6.08. The highest BCUT2D eigenvalue weighted by Gasteiger charge is 2.52. The molecule has 0 bridgehead atoms. The second-order valence-electron chi connectivity index (χ2n) is 11.0. The summed E-state index contributed by atoms with van der Waals surface area (Å²) in [7, 11) is 0. The number of hydrogen-bond acceptors (Lipinski definition) is 3. The normalized spacial score (nSPS) is 28.8. The predicted octanol–water partition coefficient (Wildman–Crippen LogP) is 4.61. The highest BCUT2D eigenvalue weighted by Crippen LogP contribution is 2.34. The summed E-state index contributed by atoms with van der Waals surface area (Å²) in [5.74, 6) is 0.772. The molecule has 1 saturated carbocycles. The minimum Gasteiger partial charge on any atom is -0.351 e. The van der Waals surface area contributed by atoms with Crippen LogP contribution in [0.25, 0.3) is 0 Å². The Morgan fingerprint density at radius 1 is 1.06 bits per heavy atom. The van der Waals surface area contributed by atoms with Crippen molar-refractivity contribution in [1.29, 1.82) is 0 Å². The van der Waals surface area contributed by atoms with Gasteiger partial charge in [-0.2, -0.15) is 0 Å². The first-order valence-electron chi connectivity index (χ1n) is 13.0. The molecular formula is C29H36ClN3O2. The van der Waals surface area contributed by atoms with E-state index in [4.69, 9.17) is 11.6 Å². The number of amides is 2. The number of carbonyl (C=O) groups is 2. The Balaban J connectivity index is 1.40. The summed E-state index contributed by atoms with van der Waals surface area (Å²) in [6.45, 7) is 6.02. The molecule has 5 nitrogen and oxygen atoms in total. The Bertz CT molecular complexity index is 1080. The van der Waals surface area contributed by atoms with E-state index < -0.39 is 5.54 Å². The second-order valence-corrected chi connectivity index (χ2v) is 11.4. The van der Waals surface area contributed by atoms with Crippen LogP contribution in [0.15, 0.2) is 48.5 Å². The van der Waals surface area contributed by atoms with E-state index in [-0.39, 0.29) is 23.9 Å². The molecule has 2 aromatic carbocycles. The number of halogens is 1. The van der Waals surface area contributed by atoms with Crippen LogP contribution < -0.4 is 5.32 Å². The van der Waals surface area contributed by atoms with E-state index in [1.165, 1.54) is 11.1 Å². The topological polar surface area (TPSA) is 52.7 Å². The molecule has 2 unspecified atom stereocenters. The smallest absolute Gasteiger partial charge is 0.247 e. The number of rotatable bonds is 5. The molecule has 3 aliphatic rings. The third kappa shape index (κ3) is 4.99. The largest absolute Gasteiger partial charge is 0.351 e. The summed E-state index contributed by atoms with van der Waals surface area (Å²) < 4.78 is 0. The van der Waals surface area contributed by atoms with Gasteiger partial charge in [-0.05, 0) is 80.2 Å². The van der Waals surface area contributed by atoms with Crippen molar-refractivity contribution in [3.05, 3.63) is 70.2 Å². The number of carbonyl (C=O) groups excluding carboxylic acids is 2. The third-order valence-electron chi connectivity index (χ3n) is 8.38. The van der Waals surface area contributed by atoms with Gasteiger partial charge in [-0.15, -0.1) is 0 Å². The fourth-order valence-corrected chi connectivity index (χ4v) is 6.21. The van der Waals surface area contributed by atoms with Crippen molar-refractivity contribution in [3.8, 4) is 0 Å². The van der Waals surface area contributed by atoms with Crippen LogP contribution in [-0.4, -0.2) is 52.3 Å². The van der Waals surface area contributed by atoms with E-state index in [0.717, 1.165) is 37.2 Å². The molecule has 5 rings (SSSR count). The lowest BCUT2D eigenvalue weighted by molar-refractivity contribution is -0.162. The molecule has 0 spiro atoms. The van der Waals surface area contributed by atoms with Gasteiger partial charge in [-0.1, -0.05) is 54.9 Å². The molecule has 2 atom stereocenters. The van der Waals surface area contributed by atoms with Gasteiger partial charge in [0.15, 0.2) is 0 Å². The number of fused-ring (bicyclic) bond motifs is 2. The lowest BCUT2D eigenvalue weighted by Crippen LogP contribution is -2.73. The van der Waals surface area contributed by atoms with Crippen LogP contribution in [0.3, 0.4) is 0 Å². The number of nitrogens with one attached hydrogen (secondary N) is 1. The van der Waals surface area contributed by atoms with Crippen LogP contribution >= 0.6 is 11.6 Å². The standard InChI is InChI=1S/C29H36ClN3O2/c1-20-7-13-25(14-8-20)31-28(35)29(2)19-32-18-23-6-4-3-5-22(23)17-26(32)27(34)33(29)16-15-21-9-11-24(30)12-10-21/h3-6,9-12,20,25-26H,7-8,13-19H2,1-2H3,(H,31,35). The summed E-state index contributed by atoms with van der Waals surface area (Å²) in [5, 5.41) is 4.04. The molecule has 35 heavy (non-hydrogen) atoms. The second kappa shape index (κ2) is 9.94. The van der Waals surface area contributed by atoms with Gasteiger partial charge in [0.1, 0.15) is 5.54 Å². The van der Waals surface area contributed by atoms with Crippen LogP contribution in [0.4, 0.5) is 0 Å². The quantitative estimate of drug-likeness (QED) is 0.662. The minimum atomic E-state index is -0.907. The number of nitrogens with zero attached hydrogens (tertiary/aromatic N) is 2. The summed E-state index contributed by atoms with van der Waals surface area (Å²) >= 11 is 6.07. The molecule has 1 saturated heterocycles. The van der Waals surface area contributed by atoms with E-state index in [9.17, 15) is 9.59 Å². The Kier molecular flexibility index (Phi) is 6.91. The zero-order valence-corrected chi connectivity index (χ0v) is 21.6. The summed E-state index contributed by atoms with van der Waals surface area (Å²) in [6.07, 6.45) is 5.71. The number of hydrogen-bond donors (Lipinski definition) is 1. The highest BCUT2D eigenvalue weighted by atomic mass is 35.5. The van der Waals surface area contributed by atoms with Crippen LogP contribution in [-0.2, 0) is 29.0 Å². The van der Waals surface area contributed by atoms with Crippen molar-refractivity contribution in [2.45, 2.75) is 76.5 Å². The Hall–Kier alpha value is -2.37. The van der Waals surface area contributed by atoms with Crippen LogP contribution in [0, 0.1) is 5.92 Å². The molecule has 1 aliphatic carbocycles. The summed E-state index contributed by atoms with van der Waals surface area (Å²) in [5.41, 5.74) is 2.71. The molecular weight excluding hydrogens is 458 g/mol. The van der Waals surface area contributed by atoms with Gasteiger partial charge in [0.2, 0.25) is 11.8 Å². The fraction of sp³-hybridized carbons (Fsp3) is 0.517. The van der Waals surface area contributed by atoms with Crippen molar-refractivity contribution in [2.24, 2.45) is 5.92 Å². The van der Waals surface area contributed by atoms with E-state index in [1.807, 2.05) is 42.2 Å². The molecule has 2 aromatic rings. The zero-order valence-electron chi connectivity index (χ0n) is 20.8. The van der Waals surface area contributed by atoms with Crippen molar-refractivity contribution >= 4 is 23.4 Å². The average molecular weight is 494 g/mol. The maximum absolute atomic E-state index is 14.0. The molecule has 6 heteroatoms. The van der Waals surface area contributed by atoms with Crippen LogP contribution in [0.5, 0.6) is 0 Å². The lowest BCUT2D eigenvalue weighted by Gasteiger charge is -2.52. The van der Waals surface area contributed by atoms with Gasteiger partial charge < -0.3 is 10.2 Å². The van der Waals surface area contributed by atoms with Crippen molar-refractivity contribution in [3.63, 3.8) is 0 Å². The first-order chi connectivity index (χ1) is 16.8. The minimum absolute atomic E-state index is 0.0150. The summed E-state index contributed by atoms with van der Waals surface area (Å²) in [6, 6.07) is 16.1. The molecule has 2 aliphatic heterocycles. The molecule has 2 amide bonds. The molecule has 2 fully saturated rings. The molecule has 0 aromatic heterocycles. The third-order valence-corrected chi connectivity index (χ3v) is 8.63. The average Bonchev–Trinajstić information content (AvgIpc) is 2.85. The Labute approximate surface area is 213 Å². The molecule has 0 radical (unpaired) electrons. The van der Waals surface area contributed by atoms with Gasteiger partial charge in [-0.3, -0.25) is 14.5 Å². The van der Waals surface area contributed by atoms with Gasteiger partial charge in [0.25, 0.3) is 0 Å². The van der Waals surface area contributed by atoms with Gasteiger partial charge in [0.05, 0.1) is 6.04 Å². The van der Waals surface area contributed by atoms with Crippen LogP contribution in [0.1, 0.15) is 56.2 Å². The molecule has 2 heterocycles. The van der Waals surface area contributed by atoms with Crippen molar-refractivity contribution < 1.29 is 9.59 Å². The number of benzene rings is 2. The van der Waals surface area contributed by atoms with Gasteiger partial charge in [0, 0.05) is 30.7 Å². The maximum atomic E-state index is 14.0. The van der Waals surface area contributed by atoms with Gasteiger partial charge >= 0.3 is 0 Å². The van der Waals surface area contributed by atoms with Crippen molar-refractivity contribution in [2.75, 3.05) is 13.1 Å². The first-order valence-corrected chi connectivity index (χ1v) is 13.4. The first kappa shape index (κ1) is 24.3. The van der Waals surface area contributed by atoms with E-state index in [0.29, 0.717) is 37.5 Å². The highest BCUT2D eigenvalue weighted by molar-refractivity contribution is 6.30. The zero-order chi connectivity index (χ0) is 24.6. The van der Waals surface area contributed by atoms with E-state index >= 15 is 0 Å². The van der Waals surface area contributed by atoms with E-state index in [1.54, 1.807) is 0 Å². The Morgan fingerprint density at radius 3 is 2.46 bits per heavy atom. The molecule has 186 valence electrons.